The third-order valence-corrected chi connectivity index (χ3v) is 4.07. The number of carboxylic acid groups (broad SMARTS) is 1. The van der Waals surface area contributed by atoms with Crippen LogP contribution in [0.2, 0.25) is 0 Å². The molecule has 1 unspecified atom stereocenters. The summed E-state index contributed by atoms with van der Waals surface area (Å²) in [5, 5.41) is 11.9. The number of para-hydroxylation sites is 1. The molecule has 1 heterocycles. The average Bonchev–Trinajstić information content (AvgIpc) is 3.14. The number of carbonyl (C=O) groups is 2. The number of rotatable bonds is 9. The first-order valence-electron chi connectivity index (χ1n) is 8.67. The number of nitrogens with one attached hydrogen (secondary N) is 1. The summed E-state index contributed by atoms with van der Waals surface area (Å²) in [5.74, 6) is -0.151. The number of aliphatic carboxylic acids is 1. The van der Waals surface area contributed by atoms with Gasteiger partial charge in [-0.05, 0) is 35.4 Å². The van der Waals surface area contributed by atoms with Crippen LogP contribution < -0.4 is 14.8 Å². The van der Waals surface area contributed by atoms with Crippen molar-refractivity contribution in [3.8, 4) is 11.5 Å². The first-order valence-corrected chi connectivity index (χ1v) is 8.67. The van der Waals surface area contributed by atoms with Crippen LogP contribution in [0.3, 0.4) is 0 Å². The van der Waals surface area contributed by atoms with E-state index in [1.807, 2.05) is 30.3 Å². The van der Waals surface area contributed by atoms with E-state index >= 15 is 0 Å². The van der Waals surface area contributed by atoms with Gasteiger partial charge in [0.2, 0.25) is 5.91 Å². The lowest BCUT2D eigenvalue weighted by Crippen LogP contribution is -2.36. The number of ether oxygens (including phenoxy) is 3. The van der Waals surface area contributed by atoms with E-state index in [9.17, 15) is 14.7 Å². The summed E-state index contributed by atoms with van der Waals surface area (Å²) in [7, 11) is 0. The molecular formula is C20H21NO6. The molecule has 2 aromatic carbocycles. The van der Waals surface area contributed by atoms with E-state index in [1.165, 1.54) is 0 Å². The van der Waals surface area contributed by atoms with Crippen LogP contribution in [0, 0.1) is 0 Å². The van der Waals surface area contributed by atoms with E-state index in [2.05, 4.69) is 5.32 Å². The molecule has 2 N–H and O–H groups in total. The molecule has 0 aliphatic carbocycles. The van der Waals surface area contributed by atoms with E-state index in [0.717, 1.165) is 23.5 Å². The lowest BCUT2D eigenvalue weighted by atomic mass is 10.0. The maximum atomic E-state index is 12.0. The van der Waals surface area contributed by atoms with Gasteiger partial charge in [0.05, 0.1) is 13.2 Å². The second-order valence-electron chi connectivity index (χ2n) is 6.02. The lowest BCUT2D eigenvalue weighted by molar-refractivity contribution is -0.142. The molecule has 0 spiro atoms. The van der Waals surface area contributed by atoms with Crippen molar-refractivity contribution < 1.29 is 28.9 Å². The van der Waals surface area contributed by atoms with Gasteiger partial charge in [-0.1, -0.05) is 24.3 Å². The van der Waals surface area contributed by atoms with Gasteiger partial charge in [0.15, 0.2) is 6.04 Å². The van der Waals surface area contributed by atoms with Crippen molar-refractivity contribution in [1.82, 2.24) is 5.32 Å². The van der Waals surface area contributed by atoms with Crippen molar-refractivity contribution in [3.63, 3.8) is 0 Å². The topological polar surface area (TPSA) is 94.1 Å². The molecule has 0 aromatic heterocycles. The number of fused-ring (bicyclic) bond motifs is 1. The molecule has 142 valence electrons. The second-order valence-corrected chi connectivity index (χ2v) is 6.02. The molecule has 7 heteroatoms. The van der Waals surface area contributed by atoms with Crippen LogP contribution in [0.4, 0.5) is 0 Å². The van der Waals surface area contributed by atoms with Crippen LogP contribution in [0.15, 0.2) is 48.5 Å². The molecule has 0 radical (unpaired) electrons. The van der Waals surface area contributed by atoms with Crippen LogP contribution >= 0.6 is 0 Å². The Balaban J connectivity index is 1.45. The summed E-state index contributed by atoms with van der Waals surface area (Å²) in [4.78, 5) is 23.6. The summed E-state index contributed by atoms with van der Waals surface area (Å²) in [5.41, 5.74) is 1.45. The Labute approximate surface area is 156 Å². The Kier molecular flexibility index (Phi) is 6.27. The van der Waals surface area contributed by atoms with Gasteiger partial charge in [-0.25, -0.2) is 4.79 Å². The van der Waals surface area contributed by atoms with Gasteiger partial charge in [0.1, 0.15) is 24.7 Å². The Morgan fingerprint density at radius 1 is 1.15 bits per heavy atom. The van der Waals surface area contributed by atoms with Crippen LogP contribution in [0.5, 0.6) is 11.5 Å². The minimum atomic E-state index is -1.13. The number of amides is 1. The van der Waals surface area contributed by atoms with Crippen molar-refractivity contribution >= 4 is 11.9 Å². The molecule has 3 rings (SSSR count). The zero-order chi connectivity index (χ0) is 19.1. The maximum Gasteiger partial charge on any atom is 0.330 e. The molecule has 1 aliphatic heterocycles. The third-order valence-electron chi connectivity index (χ3n) is 4.07. The average molecular weight is 371 g/mol. The van der Waals surface area contributed by atoms with Crippen molar-refractivity contribution in [2.24, 2.45) is 0 Å². The molecule has 27 heavy (non-hydrogen) atoms. The number of carbonyl (C=O) groups excluding carboxylic acids is 1. The van der Waals surface area contributed by atoms with Crippen molar-refractivity contribution in [2.75, 3.05) is 26.4 Å². The van der Waals surface area contributed by atoms with Gasteiger partial charge in [-0.2, -0.15) is 0 Å². The fourth-order valence-electron chi connectivity index (χ4n) is 2.78. The Morgan fingerprint density at radius 2 is 1.96 bits per heavy atom. The highest BCUT2D eigenvalue weighted by atomic mass is 16.5. The summed E-state index contributed by atoms with van der Waals surface area (Å²) < 4.78 is 16.1. The number of carboxylic acids is 1. The van der Waals surface area contributed by atoms with Gasteiger partial charge in [-0.15, -0.1) is 0 Å². The largest absolute Gasteiger partial charge is 0.493 e. The summed E-state index contributed by atoms with van der Waals surface area (Å²) in [6, 6.07) is 13.3. The summed E-state index contributed by atoms with van der Waals surface area (Å²) in [6.45, 7) is 0.860. The number of hydrogen-bond acceptors (Lipinski definition) is 5. The van der Waals surface area contributed by atoms with Crippen LogP contribution in [-0.4, -0.2) is 43.4 Å². The molecule has 2 aromatic rings. The van der Waals surface area contributed by atoms with Gasteiger partial charge >= 0.3 is 5.97 Å². The standard InChI is InChI=1S/C20H21NO6/c22-18(13-25-10-11-26-16-4-2-1-3-5-16)21-19(20(23)24)15-6-7-17-14(12-15)8-9-27-17/h1-7,12,19H,8-11,13H2,(H,21,22)(H,23,24). The van der Waals surface area contributed by atoms with E-state index in [0.29, 0.717) is 18.8 Å². The zero-order valence-corrected chi connectivity index (χ0v) is 14.7. The molecule has 1 amide bonds. The smallest absolute Gasteiger partial charge is 0.330 e. The monoisotopic (exact) mass is 371 g/mol. The molecule has 1 atom stereocenters. The van der Waals surface area contributed by atoms with Crippen molar-refractivity contribution in [2.45, 2.75) is 12.5 Å². The van der Waals surface area contributed by atoms with Crippen molar-refractivity contribution in [1.29, 1.82) is 0 Å². The van der Waals surface area contributed by atoms with Crippen molar-refractivity contribution in [3.05, 3.63) is 59.7 Å². The van der Waals surface area contributed by atoms with E-state index in [1.54, 1.807) is 18.2 Å². The van der Waals surface area contributed by atoms with Gasteiger partial charge in [0.25, 0.3) is 0 Å². The summed E-state index contributed by atoms with van der Waals surface area (Å²) >= 11 is 0. The minimum Gasteiger partial charge on any atom is -0.493 e. The lowest BCUT2D eigenvalue weighted by Gasteiger charge is -2.16. The van der Waals surface area contributed by atoms with E-state index in [4.69, 9.17) is 14.2 Å². The fourth-order valence-corrected chi connectivity index (χ4v) is 2.78. The Bertz CT molecular complexity index is 792. The third kappa shape index (κ3) is 5.21. The number of hydrogen-bond donors (Lipinski definition) is 2. The SMILES string of the molecule is O=C(COCCOc1ccccc1)NC(C(=O)O)c1ccc2c(c1)CCO2. The van der Waals surface area contributed by atoms with E-state index in [-0.39, 0.29) is 13.2 Å². The first-order chi connectivity index (χ1) is 13.1. The van der Waals surface area contributed by atoms with Gasteiger partial charge < -0.3 is 24.6 Å². The molecule has 7 nitrogen and oxygen atoms in total. The Hall–Kier alpha value is -3.06. The zero-order valence-electron chi connectivity index (χ0n) is 14.7. The van der Waals surface area contributed by atoms with E-state index < -0.39 is 17.9 Å². The fraction of sp³-hybridized carbons (Fsp3) is 0.300. The summed E-state index contributed by atoms with van der Waals surface area (Å²) in [6.07, 6.45) is 0.730. The normalized spacial score (nSPS) is 13.3. The number of benzene rings is 2. The highest BCUT2D eigenvalue weighted by Crippen LogP contribution is 2.28. The molecule has 0 fully saturated rings. The molecular weight excluding hydrogens is 350 g/mol. The van der Waals surface area contributed by atoms with Crippen LogP contribution in [0.25, 0.3) is 0 Å². The predicted molar refractivity (Wildman–Crippen MR) is 96.9 cm³/mol. The highest BCUT2D eigenvalue weighted by Gasteiger charge is 2.24. The van der Waals surface area contributed by atoms with Gasteiger partial charge in [0, 0.05) is 6.42 Å². The predicted octanol–water partition coefficient (Wildman–Crippen LogP) is 1.96. The first kappa shape index (κ1) is 18.7. The second kappa shape index (κ2) is 9.05. The highest BCUT2D eigenvalue weighted by molar-refractivity contribution is 5.85. The molecule has 0 bridgehead atoms. The van der Waals surface area contributed by atoms with Gasteiger partial charge in [-0.3, -0.25) is 4.79 Å². The molecule has 1 aliphatic rings. The molecule has 0 saturated carbocycles. The van der Waals surface area contributed by atoms with Crippen LogP contribution in [0.1, 0.15) is 17.2 Å². The Morgan fingerprint density at radius 3 is 2.74 bits per heavy atom. The van der Waals surface area contributed by atoms with Crippen LogP contribution in [-0.2, 0) is 20.7 Å². The maximum absolute atomic E-state index is 12.0. The minimum absolute atomic E-state index is 0.218. The quantitative estimate of drug-likeness (QED) is 0.655. The molecule has 0 saturated heterocycles.